The Bertz CT molecular complexity index is 923. The maximum Gasteiger partial charge on any atom is 0.182 e. The van der Waals surface area contributed by atoms with Gasteiger partial charge in [-0.25, -0.2) is 15.0 Å². The molecule has 0 saturated carbocycles. The fourth-order valence-electron chi connectivity index (χ4n) is 4.73. The number of imidazole rings is 1. The summed E-state index contributed by atoms with van der Waals surface area (Å²) >= 11 is 0. The molecule has 4 heterocycles. The summed E-state index contributed by atoms with van der Waals surface area (Å²) in [7, 11) is 3.94. The number of nitrogens with zero attached hydrogens (tertiary/aromatic N) is 5. The second-order valence-electron chi connectivity index (χ2n) is 7.28. The van der Waals surface area contributed by atoms with Crippen LogP contribution in [0.25, 0.3) is 11.2 Å². The van der Waals surface area contributed by atoms with Gasteiger partial charge in [0.25, 0.3) is 0 Å². The summed E-state index contributed by atoms with van der Waals surface area (Å²) in [6.45, 7) is 3.12. The third-order valence-corrected chi connectivity index (χ3v) is 5.85. The Morgan fingerprint density at radius 2 is 1.92 bits per heavy atom. The molecule has 2 fully saturated rings. The van der Waals surface area contributed by atoms with Crippen LogP contribution in [0.5, 0.6) is 5.75 Å². The molecule has 0 aliphatic carbocycles. The molecule has 5 rings (SSSR count). The first-order chi connectivity index (χ1) is 12.7. The van der Waals surface area contributed by atoms with Gasteiger partial charge in [0.15, 0.2) is 11.5 Å². The summed E-state index contributed by atoms with van der Waals surface area (Å²) in [5, 5.41) is 0. The van der Waals surface area contributed by atoms with Crippen LogP contribution in [0, 0.1) is 11.8 Å². The zero-order valence-corrected chi connectivity index (χ0v) is 15.0. The average molecular weight is 350 g/mol. The summed E-state index contributed by atoms with van der Waals surface area (Å²) in [6.07, 6.45) is 3.30. The maximum absolute atomic E-state index is 5.31. The third kappa shape index (κ3) is 2.34. The van der Waals surface area contributed by atoms with Crippen molar-refractivity contribution in [3.8, 4) is 5.75 Å². The van der Waals surface area contributed by atoms with Gasteiger partial charge in [-0.1, -0.05) is 12.1 Å². The third-order valence-electron chi connectivity index (χ3n) is 5.85. The second kappa shape index (κ2) is 5.95. The van der Waals surface area contributed by atoms with Gasteiger partial charge in [-0.3, -0.25) is 4.90 Å². The zero-order valence-electron chi connectivity index (χ0n) is 15.0. The quantitative estimate of drug-likeness (QED) is 0.780. The molecular formula is C19H22N6O. The fraction of sp³-hybridized carbons (Fsp3) is 0.421. The molecule has 3 atom stereocenters. The van der Waals surface area contributed by atoms with Gasteiger partial charge in [-0.2, -0.15) is 0 Å². The highest BCUT2D eigenvalue weighted by Crippen LogP contribution is 2.45. The number of anilines is 1. The maximum atomic E-state index is 5.31. The first-order valence-corrected chi connectivity index (χ1v) is 8.98. The van der Waals surface area contributed by atoms with E-state index in [1.165, 1.54) is 5.56 Å². The van der Waals surface area contributed by atoms with Crippen molar-refractivity contribution in [2.24, 2.45) is 11.8 Å². The number of aromatic nitrogens is 4. The molecule has 7 nitrogen and oxygen atoms in total. The predicted octanol–water partition coefficient (Wildman–Crippen LogP) is 2.10. The molecule has 134 valence electrons. The van der Waals surface area contributed by atoms with Gasteiger partial charge in [0.2, 0.25) is 0 Å². The molecule has 1 aromatic carbocycles. The number of H-pyrrole nitrogens is 1. The minimum atomic E-state index is 0.426. The summed E-state index contributed by atoms with van der Waals surface area (Å²) < 4.78 is 5.31. The van der Waals surface area contributed by atoms with Crippen LogP contribution >= 0.6 is 0 Å². The highest BCUT2D eigenvalue weighted by molar-refractivity contribution is 5.82. The lowest BCUT2D eigenvalue weighted by atomic mass is 9.89. The molecule has 0 amide bonds. The number of fused-ring (bicyclic) bond motifs is 2. The number of methoxy groups -OCH3 is 1. The Balaban J connectivity index is 1.44. The first kappa shape index (κ1) is 15.6. The van der Waals surface area contributed by atoms with Gasteiger partial charge in [0.05, 0.1) is 13.4 Å². The van der Waals surface area contributed by atoms with E-state index in [1.807, 2.05) is 0 Å². The lowest BCUT2D eigenvalue weighted by Crippen LogP contribution is -2.29. The van der Waals surface area contributed by atoms with Crippen LogP contribution < -0.4 is 9.64 Å². The number of likely N-dealkylation sites (tertiary alicyclic amines) is 1. The normalized spacial score (nSPS) is 25.8. The Labute approximate surface area is 152 Å². The van der Waals surface area contributed by atoms with Crippen LogP contribution in [0.15, 0.2) is 36.9 Å². The largest absolute Gasteiger partial charge is 0.497 e. The van der Waals surface area contributed by atoms with Crippen molar-refractivity contribution < 1.29 is 4.74 Å². The minimum Gasteiger partial charge on any atom is -0.497 e. The smallest absolute Gasteiger partial charge is 0.182 e. The van der Waals surface area contributed by atoms with Crippen LogP contribution in [0.2, 0.25) is 0 Å². The highest BCUT2D eigenvalue weighted by atomic mass is 16.5. The summed E-state index contributed by atoms with van der Waals surface area (Å²) in [5.74, 6) is 3.10. The Morgan fingerprint density at radius 1 is 1.08 bits per heavy atom. The Hall–Kier alpha value is -2.67. The van der Waals surface area contributed by atoms with E-state index < -0.39 is 0 Å². The topological polar surface area (TPSA) is 70.2 Å². The summed E-state index contributed by atoms with van der Waals surface area (Å²) in [5.41, 5.74) is 3.02. The molecule has 2 aliphatic rings. The molecule has 2 aromatic heterocycles. The van der Waals surface area contributed by atoms with Crippen LogP contribution in [-0.2, 0) is 0 Å². The van der Waals surface area contributed by atoms with Crippen molar-refractivity contribution in [3.63, 3.8) is 0 Å². The van der Waals surface area contributed by atoms with E-state index in [-0.39, 0.29) is 0 Å². The number of hydrogen-bond donors (Lipinski definition) is 1. The van der Waals surface area contributed by atoms with Gasteiger partial charge in [0, 0.05) is 31.6 Å². The molecule has 0 spiro atoms. The Kier molecular flexibility index (Phi) is 3.56. The lowest BCUT2D eigenvalue weighted by molar-refractivity contribution is 0.279. The van der Waals surface area contributed by atoms with Crippen LogP contribution in [-0.4, -0.2) is 58.6 Å². The molecule has 0 radical (unpaired) electrons. The predicted molar refractivity (Wildman–Crippen MR) is 99.2 cm³/mol. The average Bonchev–Trinajstić information content (AvgIpc) is 3.35. The monoisotopic (exact) mass is 350 g/mol. The number of benzene rings is 1. The van der Waals surface area contributed by atoms with Crippen LogP contribution in [0.4, 0.5) is 5.82 Å². The molecule has 26 heavy (non-hydrogen) atoms. The number of rotatable bonds is 3. The van der Waals surface area contributed by atoms with Crippen molar-refractivity contribution in [1.82, 2.24) is 24.8 Å². The molecule has 1 N–H and O–H groups in total. The number of ether oxygens (including phenoxy) is 1. The minimum absolute atomic E-state index is 0.426. The van der Waals surface area contributed by atoms with Gasteiger partial charge in [-0.15, -0.1) is 0 Å². The van der Waals surface area contributed by atoms with Gasteiger partial charge >= 0.3 is 0 Å². The lowest BCUT2D eigenvalue weighted by Gasteiger charge is -2.27. The number of aromatic amines is 1. The van der Waals surface area contributed by atoms with E-state index in [4.69, 9.17) is 4.74 Å². The molecular weight excluding hydrogens is 328 g/mol. The Morgan fingerprint density at radius 3 is 2.73 bits per heavy atom. The fourth-order valence-corrected chi connectivity index (χ4v) is 4.73. The van der Waals surface area contributed by atoms with Crippen molar-refractivity contribution >= 4 is 17.0 Å². The zero-order chi connectivity index (χ0) is 17.7. The first-order valence-electron chi connectivity index (χ1n) is 8.98. The van der Waals surface area contributed by atoms with Crippen molar-refractivity contribution in [1.29, 1.82) is 0 Å². The van der Waals surface area contributed by atoms with Gasteiger partial charge in [-0.05, 0) is 30.7 Å². The van der Waals surface area contributed by atoms with Crippen molar-refractivity contribution in [2.45, 2.75) is 6.04 Å². The molecule has 2 aliphatic heterocycles. The standard InChI is InChI=1S/C19H22N6O/c1-24-7-13-8-25(19-16-18(21-10-20-16)22-11-23-19)9-15(13)17(24)12-3-5-14(26-2)6-4-12/h3-6,10-11,13,15,17H,7-9H2,1-2H3,(H,20,21,22,23)/t13-,15+,17+/m0/s1. The van der Waals surface area contributed by atoms with E-state index >= 15 is 0 Å². The van der Waals surface area contributed by atoms with Gasteiger partial charge in [0.1, 0.15) is 17.6 Å². The molecule has 0 unspecified atom stereocenters. The van der Waals surface area contributed by atoms with Crippen LogP contribution in [0.1, 0.15) is 11.6 Å². The molecule has 2 saturated heterocycles. The van der Waals surface area contributed by atoms with Crippen molar-refractivity contribution in [3.05, 3.63) is 42.5 Å². The number of hydrogen-bond acceptors (Lipinski definition) is 6. The van der Waals surface area contributed by atoms with E-state index in [0.29, 0.717) is 17.9 Å². The van der Waals surface area contributed by atoms with E-state index in [1.54, 1.807) is 19.8 Å². The number of nitrogens with one attached hydrogen (secondary N) is 1. The van der Waals surface area contributed by atoms with E-state index in [9.17, 15) is 0 Å². The van der Waals surface area contributed by atoms with Crippen molar-refractivity contribution in [2.75, 3.05) is 38.7 Å². The van der Waals surface area contributed by atoms with E-state index in [2.05, 4.69) is 61.0 Å². The van der Waals surface area contributed by atoms with Gasteiger partial charge < -0.3 is 14.6 Å². The molecule has 3 aromatic rings. The highest BCUT2D eigenvalue weighted by Gasteiger charge is 2.46. The molecule has 7 heteroatoms. The summed E-state index contributed by atoms with van der Waals surface area (Å²) in [4.78, 5) is 21.1. The van der Waals surface area contributed by atoms with E-state index in [0.717, 1.165) is 42.4 Å². The SMILES string of the molecule is COc1ccc([C@@H]2[C@@H]3CN(c4ncnc5nc[nH]c45)C[C@@H]3CN2C)cc1. The summed E-state index contributed by atoms with van der Waals surface area (Å²) in [6, 6.07) is 8.94. The second-order valence-corrected chi connectivity index (χ2v) is 7.28. The molecule has 0 bridgehead atoms. The van der Waals surface area contributed by atoms with Crippen LogP contribution in [0.3, 0.4) is 0 Å².